The summed E-state index contributed by atoms with van der Waals surface area (Å²) in [5.41, 5.74) is 3.00. The van der Waals surface area contributed by atoms with Gasteiger partial charge in [0.25, 0.3) is 0 Å². The average Bonchev–Trinajstić information content (AvgIpc) is 3.30. The van der Waals surface area contributed by atoms with Crippen molar-refractivity contribution in [2.45, 2.75) is 43.8 Å². The molecule has 1 aliphatic heterocycles. The zero-order valence-corrected chi connectivity index (χ0v) is 15.8. The smallest absolute Gasteiger partial charge is 0.237 e. The Balaban J connectivity index is 1.59. The zero-order valence-electron chi connectivity index (χ0n) is 15.0. The molecule has 138 valence electrons. The lowest BCUT2D eigenvalue weighted by Crippen LogP contribution is -2.37. The molecule has 2 aliphatic rings. The lowest BCUT2D eigenvalue weighted by atomic mass is 9.86. The Bertz CT molecular complexity index is 944. The Morgan fingerprint density at radius 2 is 2.08 bits per heavy atom. The van der Waals surface area contributed by atoms with Crippen molar-refractivity contribution in [3.63, 3.8) is 0 Å². The molecule has 0 bridgehead atoms. The van der Waals surface area contributed by atoms with Crippen LogP contribution < -0.4 is 4.90 Å². The third-order valence-electron chi connectivity index (χ3n) is 5.38. The number of rotatable bonds is 6. The van der Waals surface area contributed by atoms with Gasteiger partial charge < -0.3 is 9.88 Å². The van der Waals surface area contributed by atoms with Crippen molar-refractivity contribution in [3.8, 4) is 11.3 Å². The maximum Gasteiger partial charge on any atom is 0.237 e. The summed E-state index contributed by atoms with van der Waals surface area (Å²) in [4.78, 5) is 21.9. The molecule has 1 aromatic carbocycles. The molecule has 1 fully saturated rings. The number of nitrogens with one attached hydrogen (secondary N) is 1. The number of amides is 1. The number of nitrogens with zero attached hydrogens (tertiary/aromatic N) is 2. The molecule has 26 heavy (non-hydrogen) atoms. The molecule has 0 radical (unpaired) electrons. The highest BCUT2D eigenvalue weighted by atomic mass is 32.2. The second kappa shape index (κ2) is 5.94. The van der Waals surface area contributed by atoms with E-state index < -0.39 is 15.3 Å². The first-order valence-electron chi connectivity index (χ1n) is 8.98. The molecule has 4 rings (SSSR count). The predicted octanol–water partition coefficient (Wildman–Crippen LogP) is 2.67. The zero-order chi connectivity index (χ0) is 18.5. The van der Waals surface area contributed by atoms with Crippen LogP contribution in [0.5, 0.6) is 0 Å². The fourth-order valence-corrected chi connectivity index (χ4v) is 5.38. The van der Waals surface area contributed by atoms with E-state index in [1.54, 1.807) is 11.2 Å². The molecular weight excluding hydrogens is 350 g/mol. The topological polar surface area (TPSA) is 83.1 Å². The number of carbonyl (C=O) groups excluding carboxylic acids is 1. The van der Waals surface area contributed by atoms with E-state index in [0.29, 0.717) is 13.0 Å². The maximum absolute atomic E-state index is 12.9. The Hall–Kier alpha value is -2.15. The summed E-state index contributed by atoms with van der Waals surface area (Å²) in [7, 11) is -3.00. The SMILES string of the molecule is CC1(C)C(=O)N(CCCS(=O)(=O)C2CC2)c2cc(-c3c[nH]cn3)ccc21. The minimum absolute atomic E-state index is 0.0236. The van der Waals surface area contributed by atoms with Gasteiger partial charge in [-0.25, -0.2) is 13.4 Å². The number of aromatic amines is 1. The minimum Gasteiger partial charge on any atom is -0.351 e. The Morgan fingerprint density at radius 1 is 1.31 bits per heavy atom. The number of fused-ring (bicyclic) bond motifs is 1. The molecule has 1 amide bonds. The molecule has 6 nitrogen and oxygen atoms in total. The number of benzene rings is 1. The van der Waals surface area contributed by atoms with Crippen LogP contribution in [-0.4, -0.2) is 41.8 Å². The molecule has 2 heterocycles. The highest BCUT2D eigenvalue weighted by Crippen LogP contribution is 2.43. The fourth-order valence-electron chi connectivity index (χ4n) is 3.66. The van der Waals surface area contributed by atoms with Crippen molar-refractivity contribution in [2.75, 3.05) is 17.2 Å². The van der Waals surface area contributed by atoms with E-state index in [9.17, 15) is 13.2 Å². The van der Waals surface area contributed by atoms with E-state index >= 15 is 0 Å². The van der Waals surface area contributed by atoms with Gasteiger partial charge in [0, 0.05) is 24.0 Å². The summed E-state index contributed by atoms with van der Waals surface area (Å²) < 4.78 is 24.2. The molecule has 1 saturated carbocycles. The van der Waals surface area contributed by atoms with Crippen LogP contribution >= 0.6 is 0 Å². The van der Waals surface area contributed by atoms with E-state index in [4.69, 9.17) is 0 Å². The van der Waals surface area contributed by atoms with Crippen molar-refractivity contribution in [1.82, 2.24) is 9.97 Å². The van der Waals surface area contributed by atoms with Crippen LogP contribution in [0.1, 0.15) is 38.7 Å². The second-order valence-electron chi connectivity index (χ2n) is 7.69. The van der Waals surface area contributed by atoms with Crippen molar-refractivity contribution in [2.24, 2.45) is 0 Å². The normalized spacial score (nSPS) is 19.0. The average molecular weight is 373 g/mol. The second-order valence-corrected chi connectivity index (χ2v) is 10.1. The lowest BCUT2D eigenvalue weighted by Gasteiger charge is -2.20. The first-order valence-corrected chi connectivity index (χ1v) is 10.7. The van der Waals surface area contributed by atoms with Crippen LogP contribution in [0.25, 0.3) is 11.3 Å². The molecule has 0 atom stereocenters. The molecule has 1 aliphatic carbocycles. The van der Waals surface area contributed by atoms with Gasteiger partial charge in [-0.1, -0.05) is 12.1 Å². The fraction of sp³-hybridized carbons (Fsp3) is 0.474. The number of hydrogen-bond donors (Lipinski definition) is 1. The summed E-state index contributed by atoms with van der Waals surface area (Å²) in [6.45, 7) is 4.26. The van der Waals surface area contributed by atoms with Gasteiger partial charge in [0.05, 0.1) is 28.4 Å². The first kappa shape index (κ1) is 17.3. The summed E-state index contributed by atoms with van der Waals surface area (Å²) >= 11 is 0. The summed E-state index contributed by atoms with van der Waals surface area (Å²) in [6, 6.07) is 5.94. The van der Waals surface area contributed by atoms with Gasteiger partial charge in [-0.2, -0.15) is 0 Å². The standard InChI is InChI=1S/C19H23N3O3S/c1-19(2)15-7-4-13(16-11-20-12-21-16)10-17(15)22(18(19)23)8-3-9-26(24,25)14-5-6-14/h4,7,10-12,14H,3,5-6,8-9H2,1-2H3,(H,20,21). The van der Waals surface area contributed by atoms with Crippen LogP contribution in [0.15, 0.2) is 30.7 Å². The molecule has 0 unspecified atom stereocenters. The molecule has 0 saturated heterocycles. The van der Waals surface area contributed by atoms with Crippen LogP contribution in [-0.2, 0) is 20.0 Å². The van der Waals surface area contributed by atoms with Crippen LogP contribution in [0.3, 0.4) is 0 Å². The van der Waals surface area contributed by atoms with Gasteiger partial charge in [-0.3, -0.25) is 4.79 Å². The van der Waals surface area contributed by atoms with Crippen molar-refractivity contribution in [1.29, 1.82) is 0 Å². The maximum atomic E-state index is 12.9. The summed E-state index contributed by atoms with van der Waals surface area (Å²) in [6.07, 6.45) is 5.48. The van der Waals surface area contributed by atoms with Crippen molar-refractivity contribution < 1.29 is 13.2 Å². The van der Waals surface area contributed by atoms with E-state index in [1.807, 2.05) is 38.2 Å². The largest absolute Gasteiger partial charge is 0.351 e. The number of anilines is 1. The first-order chi connectivity index (χ1) is 12.3. The van der Waals surface area contributed by atoms with Crippen molar-refractivity contribution in [3.05, 3.63) is 36.3 Å². The quantitative estimate of drug-likeness (QED) is 0.844. The highest BCUT2D eigenvalue weighted by molar-refractivity contribution is 7.92. The lowest BCUT2D eigenvalue weighted by molar-refractivity contribution is -0.122. The number of hydrogen-bond acceptors (Lipinski definition) is 4. The van der Waals surface area contributed by atoms with Crippen LogP contribution in [0, 0.1) is 0 Å². The van der Waals surface area contributed by atoms with E-state index in [-0.39, 0.29) is 16.9 Å². The minimum atomic E-state index is -3.00. The van der Waals surface area contributed by atoms with Gasteiger partial charge in [-0.15, -0.1) is 0 Å². The Kier molecular flexibility index (Phi) is 3.95. The third kappa shape index (κ3) is 2.84. The van der Waals surface area contributed by atoms with E-state index in [1.165, 1.54) is 0 Å². The highest BCUT2D eigenvalue weighted by Gasteiger charge is 2.44. The molecule has 2 aromatic rings. The van der Waals surface area contributed by atoms with E-state index in [2.05, 4.69) is 9.97 Å². The summed E-state index contributed by atoms with van der Waals surface area (Å²) in [5, 5.41) is -0.147. The van der Waals surface area contributed by atoms with Gasteiger partial charge in [0.1, 0.15) is 0 Å². The van der Waals surface area contributed by atoms with Gasteiger partial charge in [0.2, 0.25) is 5.91 Å². The molecule has 1 N–H and O–H groups in total. The number of carbonyl (C=O) groups is 1. The Morgan fingerprint density at radius 3 is 2.73 bits per heavy atom. The molecule has 7 heteroatoms. The van der Waals surface area contributed by atoms with Gasteiger partial charge >= 0.3 is 0 Å². The van der Waals surface area contributed by atoms with Gasteiger partial charge in [-0.05, 0) is 44.7 Å². The number of sulfone groups is 1. The molecule has 1 aromatic heterocycles. The van der Waals surface area contributed by atoms with Crippen molar-refractivity contribution >= 4 is 21.4 Å². The van der Waals surface area contributed by atoms with Crippen LogP contribution in [0.4, 0.5) is 5.69 Å². The monoisotopic (exact) mass is 373 g/mol. The molecule has 0 spiro atoms. The van der Waals surface area contributed by atoms with Gasteiger partial charge in [0.15, 0.2) is 9.84 Å². The number of imidazole rings is 1. The predicted molar refractivity (Wildman–Crippen MR) is 101 cm³/mol. The number of H-pyrrole nitrogens is 1. The summed E-state index contributed by atoms with van der Waals surface area (Å²) in [5.74, 6) is 0.173. The number of aromatic nitrogens is 2. The van der Waals surface area contributed by atoms with E-state index in [0.717, 1.165) is 35.3 Å². The molecular formula is C19H23N3O3S. The Labute approximate surface area is 153 Å². The third-order valence-corrected chi connectivity index (χ3v) is 7.72. The van der Waals surface area contributed by atoms with Crippen LogP contribution in [0.2, 0.25) is 0 Å².